The molecule has 3 aromatic carbocycles. The number of aryl methyl sites for hydroxylation is 1. The Morgan fingerprint density at radius 2 is 2.00 bits per heavy atom. The van der Waals surface area contributed by atoms with Crippen molar-refractivity contribution in [1.82, 2.24) is 10.2 Å². The van der Waals surface area contributed by atoms with E-state index in [1.807, 2.05) is 37.4 Å². The number of hydrogen-bond acceptors (Lipinski definition) is 7. The molecular weight excluding hydrogens is 581 g/mol. The fourth-order valence-electron chi connectivity index (χ4n) is 6.17. The van der Waals surface area contributed by atoms with Gasteiger partial charge in [0.2, 0.25) is 0 Å². The van der Waals surface area contributed by atoms with Crippen LogP contribution >= 0.6 is 11.6 Å². The van der Waals surface area contributed by atoms with Crippen LogP contribution in [0.5, 0.6) is 11.5 Å². The first-order valence-electron chi connectivity index (χ1n) is 15.1. The average molecular weight is 622 g/mol. The second kappa shape index (κ2) is 13.5. The number of likely N-dealkylation sites (N-methyl/N-ethyl adjacent to an activating group) is 1. The summed E-state index contributed by atoms with van der Waals surface area (Å²) in [5, 5.41) is 3.54. The molecule has 0 aromatic heterocycles. The minimum Gasteiger partial charge on any atom is -0.444 e. The number of carbonyl (C=O) groups is 1. The number of aliphatic imine (C=N–C) groups is 1. The Morgan fingerprint density at radius 1 is 1.23 bits per heavy atom. The molecule has 0 radical (unpaired) electrons. The highest BCUT2D eigenvalue weighted by atomic mass is 35.5. The van der Waals surface area contributed by atoms with Crippen LogP contribution in [-0.2, 0) is 5.79 Å². The van der Waals surface area contributed by atoms with Gasteiger partial charge in [-0.3, -0.25) is 15.1 Å². The number of likely N-dealkylation sites (tertiary alicyclic amines) is 1. The first-order chi connectivity index (χ1) is 21.1. The normalized spacial score (nSPS) is 19.4. The van der Waals surface area contributed by atoms with Gasteiger partial charge in [-0.25, -0.2) is 4.39 Å². The second-order valence-electron chi connectivity index (χ2n) is 11.7. The summed E-state index contributed by atoms with van der Waals surface area (Å²) in [6, 6.07) is 16.3. The number of anilines is 1. The molecule has 2 unspecified atom stereocenters. The quantitative estimate of drug-likeness (QED) is 0.158. The molecule has 8 nitrogen and oxygen atoms in total. The van der Waals surface area contributed by atoms with Crippen molar-refractivity contribution in [2.45, 2.75) is 51.5 Å². The van der Waals surface area contributed by atoms with Crippen molar-refractivity contribution < 1.29 is 18.7 Å². The Bertz CT molecular complexity index is 1530. The van der Waals surface area contributed by atoms with E-state index < -0.39 is 11.6 Å². The predicted octanol–water partition coefficient (Wildman–Crippen LogP) is 5.85. The lowest BCUT2D eigenvalue weighted by molar-refractivity contribution is -0.0711. The maximum absolute atomic E-state index is 14.8. The van der Waals surface area contributed by atoms with Gasteiger partial charge in [0.15, 0.2) is 17.3 Å². The molecule has 234 valence electrons. The molecule has 0 bridgehead atoms. The van der Waals surface area contributed by atoms with Gasteiger partial charge in [0, 0.05) is 41.9 Å². The third-order valence-corrected chi connectivity index (χ3v) is 8.93. The zero-order valence-corrected chi connectivity index (χ0v) is 26.5. The van der Waals surface area contributed by atoms with Gasteiger partial charge in [-0.15, -0.1) is 0 Å². The van der Waals surface area contributed by atoms with Crippen LogP contribution in [0.1, 0.15) is 59.7 Å². The minimum atomic E-state index is -1.27. The zero-order valence-electron chi connectivity index (χ0n) is 25.8. The number of piperidine rings is 1. The number of ketones is 1. The van der Waals surface area contributed by atoms with E-state index in [0.29, 0.717) is 40.1 Å². The molecule has 1 fully saturated rings. The minimum absolute atomic E-state index is 0.0406. The van der Waals surface area contributed by atoms with E-state index in [1.54, 1.807) is 26.0 Å². The van der Waals surface area contributed by atoms with Crippen LogP contribution in [0.25, 0.3) is 0 Å². The number of ether oxygens (including phenoxy) is 2. The molecular formula is C34H41ClFN5O3. The Balaban J connectivity index is 1.26. The van der Waals surface area contributed by atoms with Crippen LogP contribution in [-0.4, -0.2) is 63.0 Å². The number of nitrogens with one attached hydrogen (secondary N) is 1. The van der Waals surface area contributed by atoms with Crippen LogP contribution in [0.15, 0.2) is 59.6 Å². The molecule has 2 heterocycles. The highest BCUT2D eigenvalue weighted by molar-refractivity contribution is 6.30. The maximum atomic E-state index is 14.8. The summed E-state index contributed by atoms with van der Waals surface area (Å²) in [6.45, 7) is 9.49. The Hall–Kier alpha value is -3.66. The van der Waals surface area contributed by atoms with Gasteiger partial charge in [-0.1, -0.05) is 35.9 Å². The number of benzene rings is 3. The molecule has 0 aliphatic carbocycles. The van der Waals surface area contributed by atoms with Gasteiger partial charge < -0.3 is 25.0 Å². The predicted molar refractivity (Wildman–Crippen MR) is 174 cm³/mol. The molecule has 0 saturated carbocycles. The first kappa shape index (κ1) is 31.8. The zero-order chi connectivity index (χ0) is 31.4. The summed E-state index contributed by atoms with van der Waals surface area (Å²) in [6.07, 6.45) is 3.07. The number of para-hydroxylation sites is 1. The molecule has 0 spiro atoms. The number of fused-ring (bicyclic) bond motifs is 1. The summed E-state index contributed by atoms with van der Waals surface area (Å²) < 4.78 is 27.4. The van der Waals surface area contributed by atoms with Crippen molar-refractivity contribution in [1.29, 1.82) is 0 Å². The van der Waals surface area contributed by atoms with Crippen molar-refractivity contribution >= 4 is 29.4 Å². The lowest BCUT2D eigenvalue weighted by atomic mass is 9.88. The lowest BCUT2D eigenvalue weighted by Gasteiger charge is -2.35. The van der Waals surface area contributed by atoms with Gasteiger partial charge in [0.25, 0.3) is 5.79 Å². The van der Waals surface area contributed by atoms with Gasteiger partial charge in [-0.05, 0) is 88.6 Å². The SMILES string of the molecule is CNC(CN(CCN1CCC(c2cccc3c2OC(C)(c2ccc(Cl)cc2F)O3)CC1)c1cc(C(C)=O)ccc1C)/N=C\N. The summed E-state index contributed by atoms with van der Waals surface area (Å²) >= 11 is 5.98. The van der Waals surface area contributed by atoms with Crippen molar-refractivity contribution in [3.63, 3.8) is 0 Å². The van der Waals surface area contributed by atoms with E-state index in [2.05, 4.69) is 33.1 Å². The molecule has 2 aliphatic rings. The molecule has 5 rings (SSSR count). The molecule has 2 aliphatic heterocycles. The molecule has 3 N–H and O–H groups in total. The van der Waals surface area contributed by atoms with Gasteiger partial charge >= 0.3 is 0 Å². The molecule has 2 atom stereocenters. The second-order valence-corrected chi connectivity index (χ2v) is 12.1. The summed E-state index contributed by atoms with van der Waals surface area (Å²) in [5.74, 6) is -0.0861. The number of rotatable bonds is 11. The summed E-state index contributed by atoms with van der Waals surface area (Å²) in [5.41, 5.74) is 9.84. The van der Waals surface area contributed by atoms with Crippen molar-refractivity contribution in [2.75, 3.05) is 44.7 Å². The van der Waals surface area contributed by atoms with Crippen molar-refractivity contribution in [2.24, 2.45) is 10.7 Å². The van der Waals surface area contributed by atoms with Gasteiger partial charge in [-0.2, -0.15) is 0 Å². The van der Waals surface area contributed by atoms with E-state index in [4.69, 9.17) is 26.8 Å². The highest BCUT2D eigenvalue weighted by Gasteiger charge is 2.43. The number of Topliss-reactive ketones (excluding diaryl/α,β-unsaturated/α-hetero) is 1. The Kier molecular flexibility index (Phi) is 9.78. The number of halogens is 2. The fourth-order valence-corrected chi connectivity index (χ4v) is 6.33. The smallest absolute Gasteiger partial charge is 0.278 e. The third kappa shape index (κ3) is 6.85. The molecule has 0 amide bonds. The number of nitrogens with two attached hydrogens (primary N) is 1. The van der Waals surface area contributed by atoms with E-state index in [9.17, 15) is 9.18 Å². The van der Waals surface area contributed by atoms with Gasteiger partial charge in [0.05, 0.1) is 18.4 Å². The summed E-state index contributed by atoms with van der Waals surface area (Å²) in [4.78, 5) is 21.3. The largest absolute Gasteiger partial charge is 0.444 e. The molecule has 1 saturated heterocycles. The Labute approximate surface area is 264 Å². The number of carbonyl (C=O) groups excluding carboxylic acids is 1. The van der Waals surface area contributed by atoms with E-state index in [0.717, 1.165) is 55.8 Å². The van der Waals surface area contributed by atoms with E-state index in [-0.39, 0.29) is 11.9 Å². The van der Waals surface area contributed by atoms with Crippen LogP contribution in [0.3, 0.4) is 0 Å². The van der Waals surface area contributed by atoms with E-state index in [1.165, 1.54) is 12.4 Å². The van der Waals surface area contributed by atoms with Crippen LogP contribution in [0.4, 0.5) is 10.1 Å². The third-order valence-electron chi connectivity index (χ3n) is 8.69. The fraction of sp³-hybridized carbons (Fsp3) is 0.412. The van der Waals surface area contributed by atoms with Crippen molar-refractivity contribution in [3.05, 3.63) is 87.7 Å². The van der Waals surface area contributed by atoms with E-state index >= 15 is 0 Å². The molecule has 10 heteroatoms. The van der Waals surface area contributed by atoms with Gasteiger partial charge in [0.1, 0.15) is 12.0 Å². The molecule has 44 heavy (non-hydrogen) atoms. The number of nitrogens with zero attached hydrogens (tertiary/aromatic N) is 3. The van der Waals surface area contributed by atoms with Crippen LogP contribution in [0.2, 0.25) is 5.02 Å². The molecule has 3 aromatic rings. The Morgan fingerprint density at radius 3 is 2.68 bits per heavy atom. The number of hydrogen-bond donors (Lipinski definition) is 2. The standard InChI is InChI=1S/C34H41ClFN5O3/c1-22-8-9-25(23(2)42)18-30(22)41(20-32(38-4)39-21-37)17-16-40-14-12-24(13-15-40)27-6-5-7-31-33(27)44-34(3,43-31)28-11-10-26(35)19-29(28)36/h5-11,18-19,21,24,32,38H,12-17,20H2,1-4H3,(H2,37,39). The van der Waals surface area contributed by atoms with Crippen LogP contribution in [0, 0.1) is 12.7 Å². The van der Waals surface area contributed by atoms with Crippen LogP contribution < -0.4 is 25.4 Å². The topological polar surface area (TPSA) is 92.4 Å². The summed E-state index contributed by atoms with van der Waals surface area (Å²) in [7, 11) is 1.86. The highest BCUT2D eigenvalue weighted by Crippen LogP contribution is 2.49. The van der Waals surface area contributed by atoms with Crippen molar-refractivity contribution in [3.8, 4) is 11.5 Å². The average Bonchev–Trinajstić information content (AvgIpc) is 3.36. The monoisotopic (exact) mass is 621 g/mol. The maximum Gasteiger partial charge on any atom is 0.278 e. The lowest BCUT2D eigenvalue weighted by Crippen LogP contribution is -2.44. The first-order valence-corrected chi connectivity index (χ1v) is 15.5.